The smallest absolute Gasteiger partial charge is 0.300 e. The Hall–Kier alpha value is -0.190. The highest BCUT2D eigenvalue weighted by atomic mass is 32.2. The molecule has 0 atom stereocenters. The summed E-state index contributed by atoms with van der Waals surface area (Å²) in [6.45, 7) is 3.84. The number of thioether (sulfide) groups is 1. The number of halogens is 3. The summed E-state index contributed by atoms with van der Waals surface area (Å²) in [5.74, 6) is 0.327. The second-order valence-electron chi connectivity index (χ2n) is 3.53. The van der Waals surface area contributed by atoms with Crippen molar-refractivity contribution in [1.82, 2.24) is 0 Å². The van der Waals surface area contributed by atoms with Crippen molar-refractivity contribution in [1.29, 1.82) is 0 Å². The van der Waals surface area contributed by atoms with Gasteiger partial charge in [-0.05, 0) is 12.3 Å². The van der Waals surface area contributed by atoms with Gasteiger partial charge in [0.2, 0.25) is 0 Å². The molecule has 0 aromatic carbocycles. The van der Waals surface area contributed by atoms with E-state index in [1.807, 2.05) is 13.8 Å². The Morgan fingerprint density at radius 1 is 1.36 bits per heavy atom. The van der Waals surface area contributed by atoms with E-state index in [1.54, 1.807) is 0 Å². The molecule has 0 unspecified atom stereocenters. The Balaban J connectivity index is 3.41. The number of carbonyl (C=O) groups is 1. The Bertz CT molecular complexity index is 177. The molecule has 0 bridgehead atoms. The first-order chi connectivity index (χ1) is 6.31. The first-order valence-electron chi connectivity index (χ1n) is 4.53. The maximum Gasteiger partial charge on any atom is 0.441 e. The average molecular weight is 228 g/mol. The van der Waals surface area contributed by atoms with E-state index in [0.29, 0.717) is 12.8 Å². The van der Waals surface area contributed by atoms with Gasteiger partial charge in [-0.15, -0.1) is 0 Å². The van der Waals surface area contributed by atoms with Gasteiger partial charge in [-0.2, -0.15) is 13.2 Å². The Labute approximate surface area is 86.4 Å². The molecule has 5 heteroatoms. The van der Waals surface area contributed by atoms with Gasteiger partial charge in [0.05, 0.1) is 0 Å². The van der Waals surface area contributed by atoms with Crippen LogP contribution in [0, 0.1) is 5.92 Å². The molecule has 0 aliphatic heterocycles. The molecular weight excluding hydrogens is 213 g/mol. The van der Waals surface area contributed by atoms with Crippen LogP contribution in [0.15, 0.2) is 0 Å². The summed E-state index contributed by atoms with van der Waals surface area (Å²) in [6.07, 6.45) is 1.05. The van der Waals surface area contributed by atoms with Crippen LogP contribution < -0.4 is 0 Å². The molecule has 0 heterocycles. The molecule has 1 nitrogen and oxygen atoms in total. The normalized spacial score (nSPS) is 12.1. The third-order valence-corrected chi connectivity index (χ3v) is 2.32. The van der Waals surface area contributed by atoms with Gasteiger partial charge in [0.25, 0.3) is 0 Å². The number of rotatable bonds is 6. The molecule has 0 radical (unpaired) electrons. The third-order valence-electron chi connectivity index (χ3n) is 1.50. The van der Waals surface area contributed by atoms with Gasteiger partial charge < -0.3 is 0 Å². The first kappa shape index (κ1) is 13.8. The largest absolute Gasteiger partial charge is 0.441 e. The minimum absolute atomic E-state index is 0.0205. The fourth-order valence-electron chi connectivity index (χ4n) is 1.01. The van der Waals surface area contributed by atoms with Gasteiger partial charge in [0.1, 0.15) is 5.78 Å². The lowest BCUT2D eigenvalue weighted by molar-refractivity contribution is -0.119. The van der Waals surface area contributed by atoms with Gasteiger partial charge >= 0.3 is 5.51 Å². The van der Waals surface area contributed by atoms with Crippen LogP contribution in [0.2, 0.25) is 0 Å². The zero-order chi connectivity index (χ0) is 11.2. The van der Waals surface area contributed by atoms with Gasteiger partial charge in [-0.25, -0.2) is 0 Å². The average Bonchev–Trinajstić information content (AvgIpc) is 1.95. The van der Waals surface area contributed by atoms with E-state index in [-0.39, 0.29) is 35.6 Å². The molecule has 0 saturated carbocycles. The second kappa shape index (κ2) is 6.32. The Kier molecular flexibility index (Phi) is 6.24. The molecule has 0 fully saturated rings. The minimum atomic E-state index is -4.17. The third kappa shape index (κ3) is 9.89. The number of alkyl halides is 3. The summed E-state index contributed by atoms with van der Waals surface area (Å²) >= 11 is -0.0578. The van der Waals surface area contributed by atoms with Crippen molar-refractivity contribution in [3.05, 3.63) is 0 Å². The highest BCUT2D eigenvalue weighted by Crippen LogP contribution is 2.30. The van der Waals surface area contributed by atoms with E-state index in [1.165, 1.54) is 0 Å². The summed E-state index contributed by atoms with van der Waals surface area (Å²) in [5.41, 5.74) is -4.17. The summed E-state index contributed by atoms with van der Waals surface area (Å²) < 4.78 is 35.0. The molecule has 0 aromatic heterocycles. The van der Waals surface area contributed by atoms with Crippen molar-refractivity contribution in [2.75, 3.05) is 5.75 Å². The van der Waals surface area contributed by atoms with Crippen molar-refractivity contribution < 1.29 is 18.0 Å². The molecule has 0 aliphatic rings. The zero-order valence-corrected chi connectivity index (χ0v) is 9.17. The van der Waals surface area contributed by atoms with Crippen LogP contribution in [0.1, 0.15) is 33.1 Å². The minimum Gasteiger partial charge on any atom is -0.300 e. The number of hydrogen-bond acceptors (Lipinski definition) is 2. The first-order valence-corrected chi connectivity index (χ1v) is 5.52. The highest BCUT2D eigenvalue weighted by Gasteiger charge is 2.27. The van der Waals surface area contributed by atoms with E-state index in [0.717, 1.165) is 0 Å². The fraction of sp³-hybridized carbons (Fsp3) is 0.889. The predicted octanol–water partition coefficient (Wildman–Crippen LogP) is 3.63. The van der Waals surface area contributed by atoms with Crippen LogP contribution in [0.25, 0.3) is 0 Å². The fourth-order valence-corrected chi connectivity index (χ4v) is 1.53. The lowest BCUT2D eigenvalue weighted by Gasteiger charge is -2.05. The van der Waals surface area contributed by atoms with Crippen LogP contribution in [0.5, 0.6) is 0 Å². The second-order valence-corrected chi connectivity index (χ2v) is 4.69. The lowest BCUT2D eigenvalue weighted by Crippen LogP contribution is -2.05. The zero-order valence-electron chi connectivity index (χ0n) is 8.36. The molecule has 0 spiro atoms. The van der Waals surface area contributed by atoms with Gasteiger partial charge in [0.15, 0.2) is 0 Å². The maximum absolute atomic E-state index is 11.7. The molecule has 0 amide bonds. The van der Waals surface area contributed by atoms with Gasteiger partial charge in [0, 0.05) is 18.6 Å². The summed E-state index contributed by atoms with van der Waals surface area (Å²) in [6, 6.07) is 0. The van der Waals surface area contributed by atoms with E-state index in [9.17, 15) is 18.0 Å². The van der Waals surface area contributed by atoms with Crippen molar-refractivity contribution in [2.45, 2.75) is 38.6 Å². The number of hydrogen-bond donors (Lipinski definition) is 0. The van der Waals surface area contributed by atoms with Crippen LogP contribution in [-0.2, 0) is 4.79 Å². The van der Waals surface area contributed by atoms with E-state index in [2.05, 4.69) is 0 Å². The van der Waals surface area contributed by atoms with Crippen molar-refractivity contribution in [3.63, 3.8) is 0 Å². The summed E-state index contributed by atoms with van der Waals surface area (Å²) in [4.78, 5) is 11.1. The Morgan fingerprint density at radius 3 is 2.36 bits per heavy atom. The van der Waals surface area contributed by atoms with Crippen molar-refractivity contribution in [2.24, 2.45) is 5.92 Å². The van der Waals surface area contributed by atoms with Crippen molar-refractivity contribution in [3.8, 4) is 0 Å². The lowest BCUT2D eigenvalue weighted by atomic mass is 10.0. The quantitative estimate of drug-likeness (QED) is 0.646. The predicted molar refractivity (Wildman–Crippen MR) is 52.2 cm³/mol. The van der Waals surface area contributed by atoms with Crippen LogP contribution in [0.3, 0.4) is 0 Å². The monoisotopic (exact) mass is 228 g/mol. The number of Topliss-reactive ketones (excluding diaryl/α,β-unsaturated/α-hetero) is 1. The Morgan fingerprint density at radius 2 is 1.93 bits per heavy atom. The van der Waals surface area contributed by atoms with Crippen LogP contribution in [-0.4, -0.2) is 17.0 Å². The molecule has 14 heavy (non-hydrogen) atoms. The molecule has 0 N–H and O–H groups in total. The SMILES string of the molecule is CC(C)CC(=O)CCCSC(F)(F)F. The molecule has 0 aliphatic carbocycles. The standard InChI is InChI=1S/C9H15F3OS/c1-7(2)6-8(13)4-3-5-14-9(10,11)12/h7H,3-6H2,1-2H3. The highest BCUT2D eigenvalue weighted by molar-refractivity contribution is 8.00. The van der Waals surface area contributed by atoms with Gasteiger partial charge in [-0.3, -0.25) is 4.79 Å². The number of carbonyl (C=O) groups excluding carboxylic acids is 1. The molecule has 0 saturated heterocycles. The van der Waals surface area contributed by atoms with Crippen LogP contribution >= 0.6 is 11.8 Å². The summed E-state index contributed by atoms with van der Waals surface area (Å²) in [5, 5.41) is 0. The molecule has 0 aromatic rings. The van der Waals surface area contributed by atoms with Crippen LogP contribution in [0.4, 0.5) is 13.2 Å². The summed E-state index contributed by atoms with van der Waals surface area (Å²) in [7, 11) is 0. The molecule has 84 valence electrons. The number of ketones is 1. The van der Waals surface area contributed by atoms with E-state index >= 15 is 0 Å². The van der Waals surface area contributed by atoms with E-state index in [4.69, 9.17) is 0 Å². The van der Waals surface area contributed by atoms with E-state index < -0.39 is 5.51 Å². The van der Waals surface area contributed by atoms with Gasteiger partial charge in [-0.1, -0.05) is 25.6 Å². The molecule has 0 rings (SSSR count). The molecular formula is C9H15F3OS. The maximum atomic E-state index is 11.7. The topological polar surface area (TPSA) is 17.1 Å². The van der Waals surface area contributed by atoms with Crippen molar-refractivity contribution >= 4 is 17.5 Å².